The van der Waals surface area contributed by atoms with Crippen LogP contribution >= 0.6 is 15.9 Å². The normalized spacial score (nSPS) is 16.4. The molecule has 0 aliphatic carbocycles. The molecule has 0 aromatic heterocycles. The topological polar surface area (TPSA) is 32.7 Å². The van der Waals surface area contributed by atoms with Crippen LogP contribution in [0.3, 0.4) is 0 Å². The standard InChI is InChI=1S/C13H18BrNO2/c14-12-9-11(10-16)3-4-13(12)17-8-7-15-5-1-2-6-15/h3-4,9,16H,1-2,5-8,10H2. The van der Waals surface area contributed by atoms with E-state index in [4.69, 9.17) is 9.84 Å². The van der Waals surface area contributed by atoms with Gasteiger partial charge in [-0.05, 0) is 59.6 Å². The van der Waals surface area contributed by atoms with E-state index < -0.39 is 0 Å². The van der Waals surface area contributed by atoms with Crippen molar-refractivity contribution in [2.75, 3.05) is 26.2 Å². The molecule has 0 saturated carbocycles. The average molecular weight is 300 g/mol. The first-order valence-corrected chi connectivity index (χ1v) is 6.83. The van der Waals surface area contributed by atoms with Gasteiger partial charge in [-0.15, -0.1) is 0 Å². The van der Waals surface area contributed by atoms with Crippen molar-refractivity contribution in [1.29, 1.82) is 0 Å². The monoisotopic (exact) mass is 299 g/mol. The van der Waals surface area contributed by atoms with E-state index in [0.29, 0.717) is 0 Å². The van der Waals surface area contributed by atoms with Gasteiger partial charge in [-0.3, -0.25) is 4.90 Å². The molecule has 1 N–H and O–H groups in total. The summed E-state index contributed by atoms with van der Waals surface area (Å²) < 4.78 is 6.64. The zero-order valence-electron chi connectivity index (χ0n) is 9.86. The highest BCUT2D eigenvalue weighted by Gasteiger charge is 2.11. The lowest BCUT2D eigenvalue weighted by Gasteiger charge is -2.15. The van der Waals surface area contributed by atoms with E-state index in [-0.39, 0.29) is 6.61 Å². The van der Waals surface area contributed by atoms with E-state index in [1.54, 1.807) is 0 Å². The number of nitrogens with zero attached hydrogens (tertiary/aromatic N) is 1. The lowest BCUT2D eigenvalue weighted by atomic mass is 10.2. The van der Waals surface area contributed by atoms with E-state index in [0.717, 1.165) is 28.9 Å². The summed E-state index contributed by atoms with van der Waals surface area (Å²) in [6.07, 6.45) is 2.63. The van der Waals surface area contributed by atoms with Crippen LogP contribution in [0, 0.1) is 0 Å². The summed E-state index contributed by atoms with van der Waals surface area (Å²) in [7, 11) is 0. The maximum Gasteiger partial charge on any atom is 0.133 e. The molecular weight excluding hydrogens is 282 g/mol. The fraction of sp³-hybridized carbons (Fsp3) is 0.538. The molecule has 3 nitrogen and oxygen atoms in total. The van der Waals surface area contributed by atoms with Crippen molar-refractivity contribution in [2.45, 2.75) is 19.4 Å². The van der Waals surface area contributed by atoms with Gasteiger partial charge >= 0.3 is 0 Å². The predicted octanol–water partition coefficient (Wildman–Crippen LogP) is 2.42. The van der Waals surface area contributed by atoms with Crippen LogP contribution in [0.4, 0.5) is 0 Å². The van der Waals surface area contributed by atoms with Gasteiger partial charge in [0.25, 0.3) is 0 Å². The number of benzene rings is 1. The van der Waals surface area contributed by atoms with Crippen molar-refractivity contribution < 1.29 is 9.84 Å². The molecule has 0 spiro atoms. The molecule has 1 saturated heterocycles. The molecule has 1 fully saturated rings. The van der Waals surface area contributed by atoms with Gasteiger partial charge in [0, 0.05) is 6.54 Å². The van der Waals surface area contributed by atoms with Gasteiger partial charge in [0.15, 0.2) is 0 Å². The number of ether oxygens (including phenoxy) is 1. The average Bonchev–Trinajstić information content (AvgIpc) is 2.84. The molecule has 0 amide bonds. The summed E-state index contributed by atoms with van der Waals surface area (Å²) in [6, 6.07) is 5.68. The van der Waals surface area contributed by atoms with E-state index >= 15 is 0 Å². The van der Waals surface area contributed by atoms with Crippen LogP contribution < -0.4 is 4.74 Å². The Morgan fingerprint density at radius 3 is 2.71 bits per heavy atom. The molecule has 1 heterocycles. The number of likely N-dealkylation sites (tertiary alicyclic amines) is 1. The fourth-order valence-corrected chi connectivity index (χ4v) is 2.59. The van der Waals surface area contributed by atoms with Gasteiger partial charge < -0.3 is 9.84 Å². The molecule has 0 radical (unpaired) electrons. The van der Waals surface area contributed by atoms with Crippen molar-refractivity contribution >= 4 is 15.9 Å². The van der Waals surface area contributed by atoms with Crippen LogP contribution in [-0.4, -0.2) is 36.2 Å². The minimum absolute atomic E-state index is 0.0622. The first-order valence-electron chi connectivity index (χ1n) is 6.04. The van der Waals surface area contributed by atoms with Crippen LogP contribution in [0.1, 0.15) is 18.4 Å². The third kappa shape index (κ3) is 3.69. The van der Waals surface area contributed by atoms with E-state index in [1.807, 2.05) is 18.2 Å². The SMILES string of the molecule is OCc1ccc(OCCN2CCCC2)c(Br)c1. The Balaban J connectivity index is 1.81. The molecule has 1 aliphatic heterocycles. The van der Waals surface area contributed by atoms with Crippen LogP contribution in [0.5, 0.6) is 5.75 Å². The molecule has 17 heavy (non-hydrogen) atoms. The highest BCUT2D eigenvalue weighted by molar-refractivity contribution is 9.10. The Morgan fingerprint density at radius 1 is 1.29 bits per heavy atom. The molecule has 1 aromatic carbocycles. The van der Waals surface area contributed by atoms with Crippen molar-refractivity contribution in [3.63, 3.8) is 0 Å². The highest BCUT2D eigenvalue weighted by Crippen LogP contribution is 2.26. The first-order chi connectivity index (χ1) is 8.29. The molecule has 0 bridgehead atoms. The summed E-state index contributed by atoms with van der Waals surface area (Å²) >= 11 is 3.45. The Morgan fingerprint density at radius 2 is 2.06 bits per heavy atom. The minimum atomic E-state index is 0.0622. The fourth-order valence-electron chi connectivity index (χ4n) is 2.05. The smallest absolute Gasteiger partial charge is 0.133 e. The van der Waals surface area contributed by atoms with Crippen molar-refractivity contribution in [2.24, 2.45) is 0 Å². The summed E-state index contributed by atoms with van der Waals surface area (Å²) in [6.45, 7) is 4.18. The summed E-state index contributed by atoms with van der Waals surface area (Å²) in [5, 5.41) is 9.00. The lowest BCUT2D eigenvalue weighted by Crippen LogP contribution is -2.25. The third-order valence-corrected chi connectivity index (χ3v) is 3.66. The Hall–Kier alpha value is -0.580. The van der Waals surface area contributed by atoms with E-state index in [9.17, 15) is 0 Å². The highest BCUT2D eigenvalue weighted by atomic mass is 79.9. The predicted molar refractivity (Wildman–Crippen MR) is 71.2 cm³/mol. The number of hydrogen-bond donors (Lipinski definition) is 1. The molecule has 1 aromatic rings. The van der Waals surface area contributed by atoms with Crippen LogP contribution in [0.15, 0.2) is 22.7 Å². The molecule has 2 rings (SSSR count). The second-order valence-corrected chi connectivity index (χ2v) is 5.17. The number of hydrogen-bond acceptors (Lipinski definition) is 3. The van der Waals surface area contributed by atoms with Gasteiger partial charge in [0.1, 0.15) is 12.4 Å². The second kappa shape index (κ2) is 6.38. The largest absolute Gasteiger partial charge is 0.491 e. The second-order valence-electron chi connectivity index (χ2n) is 4.32. The Labute approximate surface area is 111 Å². The quantitative estimate of drug-likeness (QED) is 0.906. The molecular formula is C13H18BrNO2. The van der Waals surface area contributed by atoms with Crippen molar-refractivity contribution in [3.8, 4) is 5.75 Å². The maximum atomic E-state index is 9.00. The molecule has 0 unspecified atom stereocenters. The van der Waals surface area contributed by atoms with Crippen LogP contribution in [-0.2, 0) is 6.61 Å². The summed E-state index contributed by atoms with van der Waals surface area (Å²) in [5.41, 5.74) is 0.892. The van der Waals surface area contributed by atoms with Gasteiger partial charge in [-0.1, -0.05) is 6.07 Å². The maximum absolute atomic E-state index is 9.00. The molecule has 4 heteroatoms. The zero-order chi connectivity index (χ0) is 12.1. The summed E-state index contributed by atoms with van der Waals surface area (Å²) in [4.78, 5) is 2.43. The Bertz CT molecular complexity index is 364. The van der Waals surface area contributed by atoms with Crippen molar-refractivity contribution in [1.82, 2.24) is 4.90 Å². The third-order valence-electron chi connectivity index (χ3n) is 3.04. The minimum Gasteiger partial charge on any atom is -0.491 e. The molecule has 1 aliphatic rings. The van der Waals surface area contributed by atoms with Gasteiger partial charge in [0.05, 0.1) is 11.1 Å². The number of halogens is 1. The molecule has 94 valence electrons. The van der Waals surface area contributed by atoms with Gasteiger partial charge in [-0.2, -0.15) is 0 Å². The Kier molecular flexibility index (Phi) is 4.83. The van der Waals surface area contributed by atoms with E-state index in [2.05, 4.69) is 20.8 Å². The number of rotatable bonds is 5. The summed E-state index contributed by atoms with van der Waals surface area (Å²) in [5.74, 6) is 0.849. The van der Waals surface area contributed by atoms with E-state index in [1.165, 1.54) is 25.9 Å². The number of aliphatic hydroxyl groups is 1. The van der Waals surface area contributed by atoms with Crippen LogP contribution in [0.25, 0.3) is 0 Å². The zero-order valence-corrected chi connectivity index (χ0v) is 11.4. The lowest BCUT2D eigenvalue weighted by molar-refractivity contribution is 0.236. The van der Waals surface area contributed by atoms with Gasteiger partial charge in [-0.25, -0.2) is 0 Å². The van der Waals surface area contributed by atoms with Crippen LogP contribution in [0.2, 0.25) is 0 Å². The first kappa shape index (κ1) is 12.9. The van der Waals surface area contributed by atoms with Crippen molar-refractivity contribution in [3.05, 3.63) is 28.2 Å². The molecule has 0 atom stereocenters. The number of aliphatic hydroxyl groups excluding tert-OH is 1. The van der Waals surface area contributed by atoms with Gasteiger partial charge in [0.2, 0.25) is 0 Å².